The number of likely N-dealkylation sites (tertiary alicyclic amines) is 1. The molecule has 1 amide bonds. The Hall–Kier alpha value is -2.34. The van der Waals surface area contributed by atoms with Crippen LogP contribution in [0, 0.1) is 11.8 Å². The first-order valence-corrected chi connectivity index (χ1v) is 9.58. The Morgan fingerprint density at radius 1 is 1.41 bits per heavy atom. The van der Waals surface area contributed by atoms with Gasteiger partial charge >= 0.3 is 5.97 Å². The zero-order valence-corrected chi connectivity index (χ0v) is 15.6. The SMILES string of the molecule is C/C=C1/CN(C=O)[C@@H]2CC1[C@@H](C(=O)OC)[C@@]13CCO[C@@]21Nc1ccccc13. The lowest BCUT2D eigenvalue weighted by Gasteiger charge is -2.59. The van der Waals surface area contributed by atoms with E-state index < -0.39 is 11.1 Å². The maximum atomic E-state index is 13.2. The quantitative estimate of drug-likeness (QED) is 0.492. The molecule has 1 aromatic carbocycles. The monoisotopic (exact) mass is 368 g/mol. The summed E-state index contributed by atoms with van der Waals surface area (Å²) in [5, 5.41) is 3.61. The van der Waals surface area contributed by atoms with Gasteiger partial charge in [-0.25, -0.2) is 0 Å². The highest BCUT2D eigenvalue weighted by Crippen LogP contribution is 2.66. The summed E-state index contributed by atoms with van der Waals surface area (Å²) in [5.74, 6) is -0.477. The Kier molecular flexibility index (Phi) is 3.47. The number of anilines is 1. The van der Waals surface area contributed by atoms with Gasteiger partial charge in [0, 0.05) is 12.2 Å². The molecule has 2 bridgehead atoms. The molecule has 0 radical (unpaired) electrons. The Morgan fingerprint density at radius 3 is 2.96 bits per heavy atom. The fraction of sp³-hybridized carbons (Fsp3) is 0.524. The molecule has 3 fully saturated rings. The minimum atomic E-state index is -0.785. The van der Waals surface area contributed by atoms with Crippen LogP contribution in [-0.2, 0) is 24.5 Å². The lowest BCUT2D eigenvalue weighted by atomic mass is 9.51. The van der Waals surface area contributed by atoms with Crippen LogP contribution in [0.2, 0.25) is 0 Å². The predicted octanol–water partition coefficient (Wildman–Crippen LogP) is 2.06. The van der Waals surface area contributed by atoms with E-state index in [1.165, 1.54) is 7.11 Å². The normalized spacial score (nSPS) is 40.0. The van der Waals surface area contributed by atoms with Gasteiger partial charge in [0.1, 0.15) is 0 Å². The number of carbonyl (C=O) groups is 2. The molecule has 1 unspecified atom stereocenters. The fourth-order valence-electron chi connectivity index (χ4n) is 6.35. The molecule has 1 N–H and O–H groups in total. The number of fused-ring (bicyclic) bond motifs is 3. The Balaban J connectivity index is 1.80. The van der Waals surface area contributed by atoms with E-state index in [1.54, 1.807) is 0 Å². The van der Waals surface area contributed by atoms with Gasteiger partial charge in [-0.05, 0) is 37.3 Å². The van der Waals surface area contributed by atoms with Crippen molar-refractivity contribution in [2.75, 3.05) is 25.6 Å². The lowest BCUT2D eigenvalue weighted by molar-refractivity contribution is -0.172. The molecule has 5 rings (SSSR count). The maximum Gasteiger partial charge on any atom is 0.310 e. The van der Waals surface area contributed by atoms with Crippen molar-refractivity contribution in [3.8, 4) is 0 Å². The van der Waals surface area contributed by atoms with Gasteiger partial charge in [0.05, 0.1) is 31.1 Å². The summed E-state index contributed by atoms with van der Waals surface area (Å²) < 4.78 is 11.7. The zero-order valence-electron chi connectivity index (χ0n) is 15.6. The molecule has 142 valence electrons. The van der Waals surface area contributed by atoms with Gasteiger partial charge in [0.15, 0.2) is 5.72 Å². The van der Waals surface area contributed by atoms with Gasteiger partial charge in [-0.1, -0.05) is 29.8 Å². The van der Waals surface area contributed by atoms with Crippen LogP contribution in [0.4, 0.5) is 5.69 Å². The number of esters is 1. The molecule has 0 spiro atoms. The number of hydrogen-bond acceptors (Lipinski definition) is 5. The van der Waals surface area contributed by atoms with E-state index in [0.717, 1.165) is 29.7 Å². The largest absolute Gasteiger partial charge is 0.469 e. The highest BCUT2D eigenvalue weighted by molar-refractivity contribution is 5.81. The first-order valence-electron chi connectivity index (χ1n) is 9.58. The molecular weight excluding hydrogens is 344 g/mol. The number of nitrogens with zero attached hydrogens (tertiary/aromatic N) is 1. The van der Waals surface area contributed by atoms with Gasteiger partial charge in [-0.3, -0.25) is 9.59 Å². The highest BCUT2D eigenvalue weighted by atomic mass is 16.5. The number of methoxy groups -OCH3 is 1. The van der Waals surface area contributed by atoms with E-state index in [0.29, 0.717) is 19.6 Å². The van der Waals surface area contributed by atoms with Crippen molar-refractivity contribution in [3.63, 3.8) is 0 Å². The first kappa shape index (κ1) is 16.8. The standard InChI is InChI=1S/C21H24N2O4/c1-3-13-11-23(12-24)17-10-14(13)18(19(25)26-2)20-8-9-27-21(17,20)22-16-7-5-4-6-15(16)20/h3-7,12,14,17-18,22H,8-11H2,1-2H3/b13-3-/t14?,17-,18+,20+,21+/m1/s1. The van der Waals surface area contributed by atoms with Gasteiger partial charge in [0.25, 0.3) is 0 Å². The van der Waals surface area contributed by atoms with Gasteiger partial charge in [0.2, 0.25) is 6.41 Å². The minimum Gasteiger partial charge on any atom is -0.469 e. The molecule has 3 heterocycles. The summed E-state index contributed by atoms with van der Waals surface area (Å²) in [6, 6.07) is 8.00. The van der Waals surface area contributed by atoms with Crippen molar-refractivity contribution in [3.05, 3.63) is 41.5 Å². The molecule has 6 nitrogen and oxygen atoms in total. The number of amides is 1. The number of allylic oxidation sites excluding steroid dienone is 1. The topological polar surface area (TPSA) is 67.9 Å². The number of nitrogens with one attached hydrogen (secondary N) is 1. The third kappa shape index (κ3) is 1.79. The Morgan fingerprint density at radius 2 is 2.22 bits per heavy atom. The average molecular weight is 368 g/mol. The molecule has 2 saturated heterocycles. The number of carbonyl (C=O) groups excluding carboxylic acids is 2. The molecule has 3 aliphatic heterocycles. The number of ether oxygens (including phenoxy) is 2. The van der Waals surface area contributed by atoms with Crippen LogP contribution in [0.5, 0.6) is 0 Å². The molecular formula is C21H24N2O4. The van der Waals surface area contributed by atoms with Crippen molar-refractivity contribution in [2.24, 2.45) is 11.8 Å². The predicted molar refractivity (Wildman–Crippen MR) is 99.0 cm³/mol. The van der Waals surface area contributed by atoms with Crippen LogP contribution in [0.1, 0.15) is 25.3 Å². The van der Waals surface area contributed by atoms with E-state index in [9.17, 15) is 9.59 Å². The van der Waals surface area contributed by atoms with Gasteiger partial charge in [-0.15, -0.1) is 0 Å². The molecule has 1 aromatic rings. The molecule has 0 aromatic heterocycles. The Bertz CT molecular complexity index is 852. The molecule has 4 aliphatic rings. The van der Waals surface area contributed by atoms with Crippen molar-refractivity contribution < 1.29 is 19.1 Å². The van der Waals surface area contributed by atoms with Crippen LogP contribution in [0.15, 0.2) is 35.9 Å². The van der Waals surface area contributed by atoms with Gasteiger partial charge in [-0.2, -0.15) is 0 Å². The molecule has 6 heteroatoms. The van der Waals surface area contributed by atoms with E-state index in [4.69, 9.17) is 9.47 Å². The van der Waals surface area contributed by atoms with E-state index in [-0.39, 0.29) is 23.8 Å². The number of benzene rings is 1. The number of rotatable bonds is 2. The summed E-state index contributed by atoms with van der Waals surface area (Å²) in [7, 11) is 1.46. The van der Waals surface area contributed by atoms with E-state index >= 15 is 0 Å². The van der Waals surface area contributed by atoms with Crippen molar-refractivity contribution in [1.29, 1.82) is 0 Å². The Labute approximate surface area is 158 Å². The van der Waals surface area contributed by atoms with Crippen molar-refractivity contribution in [2.45, 2.75) is 36.9 Å². The fourth-order valence-corrected chi connectivity index (χ4v) is 6.35. The van der Waals surface area contributed by atoms with E-state index in [1.807, 2.05) is 30.0 Å². The van der Waals surface area contributed by atoms with Crippen LogP contribution in [0.3, 0.4) is 0 Å². The summed E-state index contributed by atoms with van der Waals surface area (Å²) in [5.41, 5.74) is 1.90. The second kappa shape index (κ2) is 5.58. The summed E-state index contributed by atoms with van der Waals surface area (Å²) in [6.07, 6.45) is 4.41. The van der Waals surface area contributed by atoms with Gasteiger partial charge < -0.3 is 19.7 Å². The average Bonchev–Trinajstić information content (AvgIpc) is 3.21. The third-order valence-electron chi connectivity index (χ3n) is 7.30. The van der Waals surface area contributed by atoms with E-state index in [2.05, 4.69) is 17.5 Å². The summed E-state index contributed by atoms with van der Waals surface area (Å²) in [6.45, 7) is 3.07. The van der Waals surface area contributed by atoms with Crippen LogP contribution in [0.25, 0.3) is 0 Å². The van der Waals surface area contributed by atoms with Crippen LogP contribution in [-0.4, -0.2) is 49.3 Å². The molecule has 1 aliphatic carbocycles. The third-order valence-corrected chi connectivity index (χ3v) is 7.30. The molecule has 5 atom stereocenters. The van der Waals surface area contributed by atoms with Crippen LogP contribution < -0.4 is 5.32 Å². The number of hydrogen-bond donors (Lipinski definition) is 1. The first-order chi connectivity index (χ1) is 13.1. The summed E-state index contributed by atoms with van der Waals surface area (Å²) >= 11 is 0. The van der Waals surface area contributed by atoms with Crippen molar-refractivity contribution >= 4 is 18.1 Å². The zero-order chi connectivity index (χ0) is 18.8. The lowest BCUT2D eigenvalue weighted by Crippen LogP contribution is -2.73. The van der Waals surface area contributed by atoms with Crippen molar-refractivity contribution in [1.82, 2.24) is 4.90 Å². The molecule has 27 heavy (non-hydrogen) atoms. The van der Waals surface area contributed by atoms with Crippen LogP contribution >= 0.6 is 0 Å². The summed E-state index contributed by atoms with van der Waals surface area (Å²) in [4.78, 5) is 27.0. The second-order valence-corrected chi connectivity index (χ2v) is 7.98. The number of piperidine rings is 1. The smallest absolute Gasteiger partial charge is 0.310 e. The highest BCUT2D eigenvalue weighted by Gasteiger charge is 2.76. The second-order valence-electron chi connectivity index (χ2n) is 7.98. The maximum absolute atomic E-state index is 13.2. The molecule has 1 saturated carbocycles. The minimum absolute atomic E-state index is 0.0476. The number of para-hydroxylation sites is 1.